The van der Waals surface area contributed by atoms with Crippen molar-refractivity contribution in [3.05, 3.63) is 72.3 Å². The number of fused-ring (bicyclic) bond motifs is 3. The van der Waals surface area contributed by atoms with Gasteiger partial charge in [-0.05, 0) is 22.3 Å². The maximum absolute atomic E-state index is 12.1. The Morgan fingerprint density at radius 1 is 1.15 bits per heavy atom. The first-order valence-corrected chi connectivity index (χ1v) is 8.49. The summed E-state index contributed by atoms with van der Waals surface area (Å²) < 4.78 is 5.37. The van der Waals surface area contributed by atoms with E-state index in [0.29, 0.717) is 0 Å². The zero-order valence-electron chi connectivity index (χ0n) is 14.5. The largest absolute Gasteiger partial charge is 0.480 e. The van der Waals surface area contributed by atoms with Crippen LogP contribution in [0.1, 0.15) is 24.0 Å². The van der Waals surface area contributed by atoms with Crippen molar-refractivity contribution < 1.29 is 19.4 Å². The average Bonchev–Trinajstić information content (AvgIpc) is 2.97. The van der Waals surface area contributed by atoms with Gasteiger partial charge in [-0.2, -0.15) is 0 Å². The molecule has 1 aliphatic carbocycles. The monoisotopic (exact) mass is 351 g/mol. The molecule has 2 aromatic carbocycles. The van der Waals surface area contributed by atoms with Crippen LogP contribution in [0.4, 0.5) is 4.79 Å². The van der Waals surface area contributed by atoms with E-state index in [1.165, 1.54) is 6.08 Å². The topological polar surface area (TPSA) is 75.6 Å². The molecule has 1 aliphatic rings. The molecule has 5 nitrogen and oxygen atoms in total. The predicted molar refractivity (Wildman–Crippen MR) is 99.0 cm³/mol. The molecule has 3 rings (SSSR count). The van der Waals surface area contributed by atoms with Crippen molar-refractivity contribution in [2.24, 2.45) is 5.92 Å². The van der Waals surface area contributed by atoms with Gasteiger partial charge < -0.3 is 15.2 Å². The first kappa shape index (κ1) is 17.7. The van der Waals surface area contributed by atoms with E-state index in [2.05, 4.69) is 24.0 Å². The minimum Gasteiger partial charge on any atom is -0.480 e. The van der Waals surface area contributed by atoms with Crippen LogP contribution in [0, 0.1) is 5.92 Å². The molecule has 0 aromatic heterocycles. The maximum Gasteiger partial charge on any atom is 0.407 e. The van der Waals surface area contributed by atoms with E-state index in [1.54, 1.807) is 6.92 Å². The Balaban J connectivity index is 1.73. The fourth-order valence-corrected chi connectivity index (χ4v) is 3.32. The molecule has 0 radical (unpaired) electrons. The number of carbonyl (C=O) groups is 2. The highest BCUT2D eigenvalue weighted by molar-refractivity contribution is 5.81. The second-order valence-corrected chi connectivity index (χ2v) is 6.38. The van der Waals surface area contributed by atoms with Crippen molar-refractivity contribution in [1.82, 2.24) is 5.32 Å². The number of carboxylic acid groups (broad SMARTS) is 1. The second kappa shape index (κ2) is 7.44. The van der Waals surface area contributed by atoms with Crippen molar-refractivity contribution in [3.8, 4) is 11.1 Å². The number of ether oxygens (including phenoxy) is 1. The highest BCUT2D eigenvalue weighted by atomic mass is 16.5. The normalized spacial score (nSPS) is 14.7. The van der Waals surface area contributed by atoms with Gasteiger partial charge in [0, 0.05) is 11.8 Å². The molecule has 0 unspecified atom stereocenters. The van der Waals surface area contributed by atoms with Crippen molar-refractivity contribution in [2.45, 2.75) is 18.9 Å². The molecule has 5 heteroatoms. The van der Waals surface area contributed by atoms with Crippen LogP contribution in [0.25, 0.3) is 11.1 Å². The fraction of sp³-hybridized carbons (Fsp3) is 0.238. The Kier molecular flexibility index (Phi) is 5.07. The van der Waals surface area contributed by atoms with Crippen LogP contribution in [0.15, 0.2) is 61.2 Å². The quantitative estimate of drug-likeness (QED) is 0.776. The van der Waals surface area contributed by atoms with Crippen LogP contribution < -0.4 is 5.32 Å². The number of hydrogen-bond acceptors (Lipinski definition) is 3. The number of carboxylic acids is 1. The lowest BCUT2D eigenvalue weighted by molar-refractivity contribution is -0.140. The Morgan fingerprint density at radius 3 is 2.19 bits per heavy atom. The SMILES string of the molecule is C=C[C@@H](C)[C@@H](NC(=O)OCC1c2ccccc2-c2ccccc21)C(=O)O. The summed E-state index contributed by atoms with van der Waals surface area (Å²) >= 11 is 0. The zero-order chi connectivity index (χ0) is 18.7. The van der Waals surface area contributed by atoms with Gasteiger partial charge in [-0.25, -0.2) is 9.59 Å². The van der Waals surface area contributed by atoms with E-state index in [4.69, 9.17) is 4.74 Å². The molecule has 0 bridgehead atoms. The first-order chi connectivity index (χ1) is 12.5. The van der Waals surface area contributed by atoms with Gasteiger partial charge in [0.15, 0.2) is 0 Å². The first-order valence-electron chi connectivity index (χ1n) is 8.49. The van der Waals surface area contributed by atoms with Crippen molar-refractivity contribution in [2.75, 3.05) is 6.61 Å². The predicted octanol–water partition coefficient (Wildman–Crippen LogP) is 3.80. The average molecular weight is 351 g/mol. The summed E-state index contributed by atoms with van der Waals surface area (Å²) in [6, 6.07) is 15.0. The van der Waals surface area contributed by atoms with Crippen LogP contribution >= 0.6 is 0 Å². The Labute approximate surface area is 152 Å². The van der Waals surface area contributed by atoms with Crippen LogP contribution in [-0.2, 0) is 9.53 Å². The Bertz CT molecular complexity index is 800. The summed E-state index contributed by atoms with van der Waals surface area (Å²) in [5, 5.41) is 11.7. The summed E-state index contributed by atoms with van der Waals surface area (Å²) in [7, 11) is 0. The van der Waals surface area contributed by atoms with Gasteiger partial charge in [0.2, 0.25) is 0 Å². The minimum atomic E-state index is -1.12. The molecular weight excluding hydrogens is 330 g/mol. The third kappa shape index (κ3) is 3.33. The Morgan fingerprint density at radius 2 is 1.69 bits per heavy atom. The van der Waals surface area contributed by atoms with E-state index in [9.17, 15) is 14.7 Å². The van der Waals surface area contributed by atoms with Gasteiger partial charge in [0.1, 0.15) is 12.6 Å². The van der Waals surface area contributed by atoms with E-state index >= 15 is 0 Å². The minimum absolute atomic E-state index is 0.0618. The molecule has 0 aliphatic heterocycles. The second-order valence-electron chi connectivity index (χ2n) is 6.38. The van der Waals surface area contributed by atoms with Gasteiger partial charge in [-0.1, -0.05) is 61.5 Å². The number of nitrogens with one attached hydrogen (secondary N) is 1. The lowest BCUT2D eigenvalue weighted by atomic mass is 9.98. The van der Waals surface area contributed by atoms with Gasteiger partial charge in [0.05, 0.1) is 0 Å². The molecule has 1 amide bonds. The number of alkyl carbamates (subject to hydrolysis) is 1. The maximum atomic E-state index is 12.1. The lowest BCUT2D eigenvalue weighted by Gasteiger charge is -2.19. The Hall–Kier alpha value is -3.08. The zero-order valence-corrected chi connectivity index (χ0v) is 14.5. The van der Waals surface area contributed by atoms with Crippen LogP contribution in [0.5, 0.6) is 0 Å². The van der Waals surface area contributed by atoms with Gasteiger partial charge >= 0.3 is 12.1 Å². The van der Waals surface area contributed by atoms with Crippen LogP contribution in [-0.4, -0.2) is 29.8 Å². The fourth-order valence-electron chi connectivity index (χ4n) is 3.32. The number of rotatable bonds is 6. The van der Waals surface area contributed by atoms with Crippen LogP contribution in [0.2, 0.25) is 0 Å². The summed E-state index contributed by atoms with van der Waals surface area (Å²) in [6.45, 7) is 5.40. The summed E-state index contributed by atoms with van der Waals surface area (Å²) in [4.78, 5) is 23.4. The van der Waals surface area contributed by atoms with Gasteiger partial charge in [-0.15, -0.1) is 6.58 Å². The number of aliphatic carboxylic acids is 1. The molecular formula is C21H21NO4. The van der Waals surface area contributed by atoms with Crippen molar-refractivity contribution in [1.29, 1.82) is 0 Å². The number of amides is 1. The standard InChI is InChI=1S/C21H21NO4/c1-3-13(2)19(20(23)24)22-21(25)26-12-18-16-10-6-4-8-14(16)15-9-5-7-11-17(15)18/h3-11,13,18-19H,1,12H2,2H3,(H,22,25)(H,23,24)/t13-,19-/m1/s1. The van der Waals surface area contributed by atoms with Gasteiger partial charge in [-0.3, -0.25) is 0 Å². The molecule has 26 heavy (non-hydrogen) atoms. The number of hydrogen-bond donors (Lipinski definition) is 2. The van der Waals surface area contributed by atoms with E-state index in [1.807, 2.05) is 36.4 Å². The molecule has 134 valence electrons. The number of carbonyl (C=O) groups excluding carboxylic acids is 1. The molecule has 2 atom stereocenters. The molecule has 0 fully saturated rings. The highest BCUT2D eigenvalue weighted by Gasteiger charge is 2.30. The third-order valence-electron chi connectivity index (χ3n) is 4.78. The summed E-state index contributed by atoms with van der Waals surface area (Å²) in [5.74, 6) is -1.59. The smallest absolute Gasteiger partial charge is 0.407 e. The van der Waals surface area contributed by atoms with Crippen molar-refractivity contribution in [3.63, 3.8) is 0 Å². The summed E-state index contributed by atoms with van der Waals surface area (Å²) in [5.41, 5.74) is 4.49. The molecule has 0 spiro atoms. The molecule has 0 saturated carbocycles. The van der Waals surface area contributed by atoms with Crippen LogP contribution in [0.3, 0.4) is 0 Å². The molecule has 2 aromatic rings. The van der Waals surface area contributed by atoms with E-state index in [-0.39, 0.29) is 12.5 Å². The van der Waals surface area contributed by atoms with E-state index in [0.717, 1.165) is 22.3 Å². The highest BCUT2D eigenvalue weighted by Crippen LogP contribution is 2.44. The summed E-state index contributed by atoms with van der Waals surface area (Å²) in [6.07, 6.45) is 0.746. The van der Waals surface area contributed by atoms with Gasteiger partial charge in [0.25, 0.3) is 0 Å². The molecule has 2 N–H and O–H groups in total. The lowest BCUT2D eigenvalue weighted by Crippen LogP contribution is -2.45. The molecule has 0 heterocycles. The van der Waals surface area contributed by atoms with E-state index < -0.39 is 24.0 Å². The van der Waals surface area contributed by atoms with Crippen molar-refractivity contribution >= 4 is 12.1 Å². The third-order valence-corrected chi connectivity index (χ3v) is 4.78. The molecule has 0 saturated heterocycles. The number of benzene rings is 2.